The van der Waals surface area contributed by atoms with Crippen LogP contribution in [-0.2, 0) is 7.05 Å². The lowest BCUT2D eigenvalue weighted by Gasteiger charge is -2.03. The predicted octanol–water partition coefficient (Wildman–Crippen LogP) is 2.70. The molecule has 0 unspecified atom stereocenters. The summed E-state index contributed by atoms with van der Waals surface area (Å²) < 4.78 is 6.93. The molecule has 0 atom stereocenters. The van der Waals surface area contributed by atoms with Crippen molar-refractivity contribution in [2.24, 2.45) is 7.05 Å². The first-order chi connectivity index (χ1) is 11.1. The first-order valence-electron chi connectivity index (χ1n) is 6.90. The minimum Gasteiger partial charge on any atom is -0.504 e. The number of fused-ring (bicyclic) bond motifs is 1. The Kier molecular flexibility index (Phi) is 3.69. The van der Waals surface area contributed by atoms with Crippen LogP contribution in [0.4, 0.5) is 0 Å². The smallest absolute Gasteiger partial charge is 0.173 e. The molecule has 23 heavy (non-hydrogen) atoms. The van der Waals surface area contributed by atoms with Gasteiger partial charge in [-0.25, -0.2) is 9.97 Å². The van der Waals surface area contributed by atoms with Crippen LogP contribution in [0.1, 0.15) is 11.4 Å². The van der Waals surface area contributed by atoms with Gasteiger partial charge in [0.05, 0.1) is 12.7 Å². The number of aryl methyl sites for hydroxylation is 1. The molecule has 0 amide bonds. The number of nitrogens with zero attached hydrogens (tertiary/aromatic N) is 4. The summed E-state index contributed by atoms with van der Waals surface area (Å²) in [5.41, 5.74) is 1.79. The first-order valence-corrected chi connectivity index (χ1v) is 6.90. The van der Waals surface area contributed by atoms with Gasteiger partial charge in [-0.05, 0) is 35.9 Å². The minimum absolute atomic E-state index is 0.0467. The Balaban J connectivity index is 2.07. The van der Waals surface area contributed by atoms with Gasteiger partial charge in [-0.2, -0.15) is 5.26 Å². The van der Waals surface area contributed by atoms with E-state index in [1.54, 1.807) is 18.2 Å². The zero-order valence-electron chi connectivity index (χ0n) is 12.7. The minimum atomic E-state index is 0.0467. The lowest BCUT2D eigenvalue weighted by molar-refractivity contribution is 0.373. The Labute approximate surface area is 133 Å². The molecule has 0 fully saturated rings. The third-order valence-corrected chi connectivity index (χ3v) is 3.44. The molecule has 0 bridgehead atoms. The SMILES string of the molecule is COc1cc(/C=C(\C#N)c2nc3cccn(C)c-3n2)ccc1O. The fraction of sp³-hybridized carbons (Fsp3) is 0.118. The van der Waals surface area contributed by atoms with E-state index in [9.17, 15) is 10.4 Å². The molecule has 2 heterocycles. The van der Waals surface area contributed by atoms with Crippen LogP contribution in [0.5, 0.6) is 11.5 Å². The van der Waals surface area contributed by atoms with Crippen LogP contribution < -0.4 is 4.74 Å². The number of imidazole rings is 1. The molecule has 0 radical (unpaired) electrons. The number of nitriles is 1. The standard InChI is InChI=1S/C17H14N4O2/c1-21-7-3-4-13-17(21)20-16(19-13)12(10-18)8-11-5-6-14(22)15(9-11)23-2/h3-9,22H,1-2H3/b12-8+. The van der Waals surface area contributed by atoms with Crippen molar-refractivity contribution >= 4 is 11.6 Å². The molecule has 1 N–H and O–H groups in total. The number of ether oxygens (including phenoxy) is 1. The number of phenols is 1. The molecule has 3 rings (SSSR count). The first kappa shape index (κ1) is 14.6. The molecule has 0 saturated heterocycles. The number of phenolic OH excluding ortho intramolecular Hbond substituents is 1. The Morgan fingerprint density at radius 2 is 2.17 bits per heavy atom. The van der Waals surface area contributed by atoms with Crippen LogP contribution in [0.15, 0.2) is 36.5 Å². The van der Waals surface area contributed by atoms with Crippen molar-refractivity contribution in [1.82, 2.24) is 14.5 Å². The lowest BCUT2D eigenvalue weighted by Crippen LogP contribution is -1.95. The van der Waals surface area contributed by atoms with Crippen molar-refractivity contribution in [3.63, 3.8) is 0 Å². The van der Waals surface area contributed by atoms with E-state index in [1.165, 1.54) is 13.2 Å². The summed E-state index contributed by atoms with van der Waals surface area (Å²) in [5, 5.41) is 19.1. The zero-order valence-corrected chi connectivity index (χ0v) is 12.7. The normalized spacial score (nSPS) is 11.4. The summed E-state index contributed by atoms with van der Waals surface area (Å²) in [5.74, 6) is 1.48. The van der Waals surface area contributed by atoms with Crippen molar-refractivity contribution < 1.29 is 9.84 Å². The summed E-state index contributed by atoms with van der Waals surface area (Å²) in [7, 11) is 3.35. The number of hydrogen-bond donors (Lipinski definition) is 1. The van der Waals surface area contributed by atoms with Crippen LogP contribution in [0.25, 0.3) is 23.2 Å². The van der Waals surface area contributed by atoms with Crippen molar-refractivity contribution in [2.75, 3.05) is 7.11 Å². The maximum absolute atomic E-state index is 9.63. The number of methoxy groups -OCH3 is 1. The molecule has 0 aromatic heterocycles. The largest absolute Gasteiger partial charge is 0.504 e. The average Bonchev–Trinajstić information content (AvgIpc) is 2.99. The number of hydrogen-bond acceptors (Lipinski definition) is 5. The van der Waals surface area contributed by atoms with E-state index in [4.69, 9.17) is 4.74 Å². The molecule has 0 aliphatic carbocycles. The summed E-state index contributed by atoms with van der Waals surface area (Å²) in [4.78, 5) is 8.82. The highest BCUT2D eigenvalue weighted by Gasteiger charge is 2.15. The Hall–Kier alpha value is -3.33. The fourth-order valence-electron chi connectivity index (χ4n) is 2.27. The molecule has 1 aromatic carbocycles. The highest BCUT2D eigenvalue weighted by Crippen LogP contribution is 2.28. The predicted molar refractivity (Wildman–Crippen MR) is 85.8 cm³/mol. The molecule has 114 valence electrons. The summed E-state index contributed by atoms with van der Waals surface area (Å²) in [6, 6.07) is 10.7. The second-order valence-electron chi connectivity index (χ2n) is 4.98. The van der Waals surface area contributed by atoms with E-state index < -0.39 is 0 Å². The van der Waals surface area contributed by atoms with Gasteiger partial charge in [-0.1, -0.05) is 6.07 Å². The van der Waals surface area contributed by atoms with Crippen LogP contribution in [0, 0.1) is 11.3 Å². The number of rotatable bonds is 3. The van der Waals surface area contributed by atoms with Crippen molar-refractivity contribution in [3.8, 4) is 29.1 Å². The van der Waals surface area contributed by atoms with Gasteiger partial charge in [-0.3, -0.25) is 0 Å². The average molecular weight is 306 g/mol. The van der Waals surface area contributed by atoms with Crippen LogP contribution in [0.3, 0.4) is 0 Å². The quantitative estimate of drug-likeness (QED) is 0.752. The topological polar surface area (TPSA) is 84.0 Å². The van der Waals surface area contributed by atoms with Gasteiger partial charge in [0.15, 0.2) is 23.1 Å². The molecule has 2 aliphatic rings. The second kappa shape index (κ2) is 5.81. The van der Waals surface area contributed by atoms with Gasteiger partial charge in [0.25, 0.3) is 0 Å². The van der Waals surface area contributed by atoms with Gasteiger partial charge in [0.2, 0.25) is 0 Å². The summed E-state index contributed by atoms with van der Waals surface area (Å²) in [6.45, 7) is 0. The Morgan fingerprint density at radius 1 is 1.35 bits per heavy atom. The van der Waals surface area contributed by atoms with Gasteiger partial charge >= 0.3 is 0 Å². The van der Waals surface area contributed by atoms with Crippen molar-refractivity contribution in [2.45, 2.75) is 0 Å². The summed E-state index contributed by atoms with van der Waals surface area (Å²) >= 11 is 0. The fourth-order valence-corrected chi connectivity index (χ4v) is 2.27. The highest BCUT2D eigenvalue weighted by atomic mass is 16.5. The number of aromatic hydroxyl groups is 1. The van der Waals surface area contributed by atoms with Crippen molar-refractivity contribution in [1.29, 1.82) is 5.26 Å². The highest BCUT2D eigenvalue weighted by molar-refractivity contribution is 5.88. The Bertz CT molecular complexity index is 905. The van der Waals surface area contributed by atoms with E-state index in [-0.39, 0.29) is 5.75 Å². The number of benzene rings is 1. The van der Waals surface area contributed by atoms with Crippen LogP contribution in [-0.4, -0.2) is 26.8 Å². The van der Waals surface area contributed by atoms with Gasteiger partial charge in [0.1, 0.15) is 11.8 Å². The van der Waals surface area contributed by atoms with E-state index >= 15 is 0 Å². The maximum Gasteiger partial charge on any atom is 0.173 e. The third kappa shape index (κ3) is 2.72. The zero-order chi connectivity index (χ0) is 16.4. The monoisotopic (exact) mass is 306 g/mol. The number of pyridine rings is 1. The van der Waals surface area contributed by atoms with Crippen molar-refractivity contribution in [3.05, 3.63) is 47.9 Å². The molecule has 1 aromatic rings. The number of allylic oxidation sites excluding steroid dienone is 1. The van der Waals surface area contributed by atoms with Crippen LogP contribution >= 0.6 is 0 Å². The number of aromatic nitrogens is 3. The van der Waals surface area contributed by atoms with Gasteiger partial charge < -0.3 is 14.4 Å². The molecule has 6 nitrogen and oxygen atoms in total. The molecular formula is C17H14N4O2. The van der Waals surface area contributed by atoms with Gasteiger partial charge in [0, 0.05) is 13.2 Å². The molecule has 0 spiro atoms. The van der Waals surface area contributed by atoms with E-state index in [0.717, 1.165) is 11.3 Å². The van der Waals surface area contributed by atoms with Crippen LogP contribution in [0.2, 0.25) is 0 Å². The Morgan fingerprint density at radius 3 is 2.87 bits per heavy atom. The maximum atomic E-state index is 9.63. The second-order valence-corrected chi connectivity index (χ2v) is 4.98. The summed E-state index contributed by atoms with van der Waals surface area (Å²) in [6.07, 6.45) is 3.54. The molecule has 0 saturated carbocycles. The molecular weight excluding hydrogens is 292 g/mol. The lowest BCUT2D eigenvalue weighted by atomic mass is 10.1. The van der Waals surface area contributed by atoms with E-state index in [1.807, 2.05) is 29.9 Å². The van der Waals surface area contributed by atoms with E-state index in [2.05, 4.69) is 16.0 Å². The van der Waals surface area contributed by atoms with Gasteiger partial charge in [-0.15, -0.1) is 0 Å². The molecule has 2 aliphatic heterocycles. The molecule has 6 heteroatoms. The third-order valence-electron chi connectivity index (χ3n) is 3.44. The van der Waals surface area contributed by atoms with E-state index in [0.29, 0.717) is 23.0 Å².